The normalized spacial score (nSPS) is 16.5. The van der Waals surface area contributed by atoms with Crippen molar-refractivity contribution in [2.24, 2.45) is 11.8 Å². The molecule has 2 unspecified atom stereocenters. The van der Waals surface area contributed by atoms with Gasteiger partial charge in [-0.05, 0) is 24.3 Å². The van der Waals surface area contributed by atoms with Crippen molar-refractivity contribution in [2.75, 3.05) is 51.3 Å². The van der Waals surface area contributed by atoms with Crippen LogP contribution in [0.2, 0.25) is 0 Å². The van der Waals surface area contributed by atoms with Crippen LogP contribution in [-0.2, 0) is 0 Å². The van der Waals surface area contributed by atoms with Crippen LogP contribution in [0.1, 0.15) is 48.0 Å². The molecule has 5 nitrogen and oxygen atoms in total. The van der Waals surface area contributed by atoms with Gasteiger partial charge in [0.1, 0.15) is 0 Å². The summed E-state index contributed by atoms with van der Waals surface area (Å²) in [7, 11) is 1.64. The molecule has 1 aromatic heterocycles. The van der Waals surface area contributed by atoms with E-state index in [2.05, 4.69) is 34.7 Å². The van der Waals surface area contributed by atoms with E-state index in [9.17, 15) is 0 Å². The molecular weight excluding hydrogens is 326 g/mol. The van der Waals surface area contributed by atoms with E-state index >= 15 is 0 Å². The van der Waals surface area contributed by atoms with Crippen molar-refractivity contribution >= 4 is 5.69 Å². The molecule has 1 saturated heterocycles. The lowest BCUT2D eigenvalue weighted by atomic mass is 9.97. The van der Waals surface area contributed by atoms with Crippen molar-refractivity contribution in [3.63, 3.8) is 0 Å². The highest BCUT2D eigenvalue weighted by molar-refractivity contribution is 5.45. The average Bonchev–Trinajstić information content (AvgIpc) is 2.71. The highest BCUT2D eigenvalue weighted by Crippen LogP contribution is 2.19. The van der Waals surface area contributed by atoms with Crippen molar-refractivity contribution in [3.8, 4) is 5.88 Å². The van der Waals surface area contributed by atoms with E-state index in [-0.39, 0.29) is 0 Å². The zero-order valence-electron chi connectivity index (χ0n) is 18.0. The van der Waals surface area contributed by atoms with Gasteiger partial charge in [0.15, 0.2) is 0 Å². The average molecular weight is 368 g/mol. The van der Waals surface area contributed by atoms with Crippen LogP contribution < -0.4 is 9.64 Å². The first-order chi connectivity index (χ1) is 12.6. The van der Waals surface area contributed by atoms with E-state index in [1.807, 2.05) is 40.0 Å². The molecule has 0 radical (unpaired) electrons. The molecule has 1 aliphatic rings. The number of piperazine rings is 1. The Bertz CT molecular complexity index is 431. The van der Waals surface area contributed by atoms with Gasteiger partial charge in [0.25, 0.3) is 0 Å². The maximum atomic E-state index is 9.15. The van der Waals surface area contributed by atoms with Crippen molar-refractivity contribution < 1.29 is 9.84 Å². The van der Waals surface area contributed by atoms with Crippen molar-refractivity contribution in [1.82, 2.24) is 9.88 Å². The maximum absolute atomic E-state index is 9.15. The fourth-order valence-electron chi connectivity index (χ4n) is 3.15. The summed E-state index contributed by atoms with van der Waals surface area (Å²) in [6, 6.07) is 3.99. The van der Waals surface area contributed by atoms with Crippen LogP contribution in [0, 0.1) is 11.8 Å². The Morgan fingerprint density at radius 2 is 1.65 bits per heavy atom. The largest absolute Gasteiger partial charge is 0.481 e. The quantitative estimate of drug-likeness (QED) is 0.791. The third kappa shape index (κ3) is 8.86. The van der Waals surface area contributed by atoms with E-state index < -0.39 is 0 Å². The molecule has 0 saturated carbocycles. The molecule has 0 aromatic carbocycles. The minimum absolute atomic E-state index is 0.294. The summed E-state index contributed by atoms with van der Waals surface area (Å²) in [5, 5.41) is 9.15. The number of aromatic nitrogens is 1. The zero-order chi connectivity index (χ0) is 19.9. The number of rotatable bonds is 7. The monoisotopic (exact) mass is 367 g/mol. The molecule has 1 aliphatic heterocycles. The van der Waals surface area contributed by atoms with Gasteiger partial charge in [-0.1, -0.05) is 41.5 Å². The van der Waals surface area contributed by atoms with Crippen molar-refractivity contribution in [1.29, 1.82) is 0 Å². The molecule has 0 amide bonds. The second-order valence-corrected chi connectivity index (χ2v) is 6.48. The molecule has 0 spiro atoms. The second-order valence-electron chi connectivity index (χ2n) is 6.48. The fraction of sp³-hybridized carbons (Fsp3) is 0.762. The van der Waals surface area contributed by atoms with Gasteiger partial charge in [0, 0.05) is 45.4 Å². The van der Waals surface area contributed by atoms with Gasteiger partial charge < -0.3 is 14.7 Å². The topological polar surface area (TPSA) is 48.8 Å². The minimum Gasteiger partial charge on any atom is -0.481 e. The molecule has 1 aromatic rings. The Hall–Kier alpha value is -1.33. The van der Waals surface area contributed by atoms with E-state index in [0.717, 1.165) is 39.1 Å². The predicted molar refractivity (Wildman–Crippen MR) is 112 cm³/mol. The molecule has 2 atom stereocenters. The van der Waals surface area contributed by atoms with E-state index in [1.54, 1.807) is 7.11 Å². The second kappa shape index (κ2) is 14.8. The lowest BCUT2D eigenvalue weighted by Gasteiger charge is -2.37. The van der Waals surface area contributed by atoms with Crippen LogP contribution >= 0.6 is 0 Å². The number of pyridine rings is 1. The standard InChI is InChI=1S/C17H29N3O2.2C2H6/c1-14(10-15(2)13-21)12-19-6-8-20(9-7-19)16-4-5-17(22-3)18-11-16;2*1-2/h4-5,11,14-15,21H,6-10,12-13H2,1-3H3;2*1-2H3. The number of nitrogens with zero attached hydrogens (tertiary/aromatic N) is 3. The van der Waals surface area contributed by atoms with Gasteiger partial charge in [-0.15, -0.1) is 0 Å². The molecule has 1 N–H and O–H groups in total. The number of hydrogen-bond donors (Lipinski definition) is 1. The van der Waals surface area contributed by atoms with E-state index in [1.165, 1.54) is 5.69 Å². The lowest BCUT2D eigenvalue weighted by Crippen LogP contribution is -2.47. The Kier molecular flexibility index (Phi) is 14.0. The van der Waals surface area contributed by atoms with Gasteiger partial charge in [0.05, 0.1) is 19.0 Å². The molecule has 152 valence electrons. The summed E-state index contributed by atoms with van der Waals surface area (Å²) in [5.74, 6) is 1.70. The van der Waals surface area contributed by atoms with E-state index in [4.69, 9.17) is 9.84 Å². The molecule has 2 rings (SSSR count). The highest BCUT2D eigenvalue weighted by atomic mass is 16.5. The number of aliphatic hydroxyl groups excluding tert-OH is 1. The van der Waals surface area contributed by atoms with Crippen LogP contribution in [0.5, 0.6) is 5.88 Å². The summed E-state index contributed by atoms with van der Waals surface area (Å²) in [5.41, 5.74) is 1.17. The minimum atomic E-state index is 0.294. The third-order valence-corrected chi connectivity index (χ3v) is 4.35. The van der Waals surface area contributed by atoms with Crippen molar-refractivity contribution in [2.45, 2.75) is 48.0 Å². The SMILES string of the molecule is CC.CC.COc1ccc(N2CCN(CC(C)CC(C)CO)CC2)cn1. The fourth-order valence-corrected chi connectivity index (χ4v) is 3.15. The van der Waals surface area contributed by atoms with Gasteiger partial charge in [-0.2, -0.15) is 0 Å². The molecule has 1 fully saturated rings. The molecule has 0 aliphatic carbocycles. The van der Waals surface area contributed by atoms with Gasteiger partial charge in [0.2, 0.25) is 5.88 Å². The molecule has 26 heavy (non-hydrogen) atoms. The first-order valence-electron chi connectivity index (χ1n) is 10.2. The smallest absolute Gasteiger partial charge is 0.213 e. The zero-order valence-corrected chi connectivity index (χ0v) is 18.0. The summed E-state index contributed by atoms with van der Waals surface area (Å²) < 4.78 is 5.10. The van der Waals surface area contributed by atoms with Gasteiger partial charge in [-0.25, -0.2) is 4.98 Å². The summed E-state index contributed by atoms with van der Waals surface area (Å²) >= 11 is 0. The van der Waals surface area contributed by atoms with Gasteiger partial charge in [-0.3, -0.25) is 4.90 Å². The molecule has 0 bridgehead atoms. The number of anilines is 1. The maximum Gasteiger partial charge on any atom is 0.213 e. The summed E-state index contributed by atoms with van der Waals surface area (Å²) in [6.45, 7) is 18.1. The first-order valence-corrected chi connectivity index (χ1v) is 10.2. The van der Waals surface area contributed by atoms with Gasteiger partial charge >= 0.3 is 0 Å². The number of hydrogen-bond acceptors (Lipinski definition) is 5. The highest BCUT2D eigenvalue weighted by Gasteiger charge is 2.19. The van der Waals surface area contributed by atoms with Crippen LogP contribution in [0.4, 0.5) is 5.69 Å². The third-order valence-electron chi connectivity index (χ3n) is 4.35. The van der Waals surface area contributed by atoms with Crippen LogP contribution in [0.15, 0.2) is 18.3 Å². The van der Waals surface area contributed by atoms with E-state index in [0.29, 0.717) is 24.3 Å². The van der Waals surface area contributed by atoms with Crippen LogP contribution in [0.25, 0.3) is 0 Å². The molecular formula is C21H41N3O2. The summed E-state index contributed by atoms with van der Waals surface area (Å²) in [6.07, 6.45) is 2.99. The lowest BCUT2D eigenvalue weighted by molar-refractivity contribution is 0.180. The predicted octanol–water partition coefficient (Wildman–Crippen LogP) is 3.92. The Morgan fingerprint density at radius 3 is 2.12 bits per heavy atom. The Labute approximate surface area is 161 Å². The first kappa shape index (κ1) is 24.7. The number of ether oxygens (including phenoxy) is 1. The number of methoxy groups -OCH3 is 1. The Morgan fingerprint density at radius 1 is 1.04 bits per heavy atom. The Balaban J connectivity index is 0.00000146. The van der Waals surface area contributed by atoms with Crippen LogP contribution in [0.3, 0.4) is 0 Å². The molecule has 5 heteroatoms. The molecule has 2 heterocycles. The number of aliphatic hydroxyl groups is 1. The summed E-state index contributed by atoms with van der Waals surface area (Å²) in [4.78, 5) is 9.19. The van der Waals surface area contributed by atoms with Crippen LogP contribution in [-0.4, -0.2) is 61.4 Å². The van der Waals surface area contributed by atoms with Crippen molar-refractivity contribution in [3.05, 3.63) is 18.3 Å².